The molecule has 3 nitrogen and oxygen atoms in total. The number of fused-ring (bicyclic) bond motifs is 3. The molecular formula is C13H14N2O. The third kappa shape index (κ3) is 1.32. The molecule has 0 saturated heterocycles. The summed E-state index contributed by atoms with van der Waals surface area (Å²) < 4.78 is 7.14. The normalized spacial score (nSPS) is 13.1. The first-order valence-electron chi connectivity index (χ1n) is 5.48. The zero-order valence-electron chi connectivity index (χ0n) is 9.53. The number of rotatable bonds is 1. The van der Waals surface area contributed by atoms with Crippen LogP contribution in [-0.2, 0) is 19.9 Å². The van der Waals surface area contributed by atoms with Crippen LogP contribution in [0, 0.1) is 0 Å². The van der Waals surface area contributed by atoms with Crippen molar-refractivity contribution < 1.29 is 4.74 Å². The summed E-state index contributed by atoms with van der Waals surface area (Å²) in [5.74, 6) is 0.929. The Balaban J connectivity index is 2.17. The van der Waals surface area contributed by atoms with Gasteiger partial charge in [0.15, 0.2) is 0 Å². The predicted molar refractivity (Wildman–Crippen MR) is 62.6 cm³/mol. The van der Waals surface area contributed by atoms with E-state index in [2.05, 4.69) is 23.4 Å². The second-order valence-electron chi connectivity index (χ2n) is 4.20. The lowest BCUT2D eigenvalue weighted by atomic mass is 9.90. The number of benzene rings is 1. The Morgan fingerprint density at radius 3 is 2.88 bits per heavy atom. The summed E-state index contributed by atoms with van der Waals surface area (Å²) in [6.07, 6.45) is 4.26. The van der Waals surface area contributed by atoms with Crippen LogP contribution in [0.25, 0.3) is 11.3 Å². The Hall–Kier alpha value is -1.77. The van der Waals surface area contributed by atoms with Crippen molar-refractivity contribution in [1.82, 2.24) is 9.78 Å². The molecule has 0 fully saturated rings. The topological polar surface area (TPSA) is 27.1 Å². The van der Waals surface area contributed by atoms with Crippen LogP contribution in [-0.4, -0.2) is 16.9 Å². The first kappa shape index (κ1) is 9.46. The summed E-state index contributed by atoms with van der Waals surface area (Å²) in [4.78, 5) is 0. The fourth-order valence-corrected chi connectivity index (χ4v) is 2.35. The summed E-state index contributed by atoms with van der Waals surface area (Å²) in [5, 5.41) is 4.52. The van der Waals surface area contributed by atoms with Crippen LogP contribution >= 0.6 is 0 Å². The molecule has 0 N–H and O–H groups in total. The molecule has 1 aromatic carbocycles. The van der Waals surface area contributed by atoms with Gasteiger partial charge in [-0.2, -0.15) is 5.10 Å². The molecule has 0 saturated carbocycles. The van der Waals surface area contributed by atoms with Crippen molar-refractivity contribution in [3.05, 3.63) is 35.5 Å². The van der Waals surface area contributed by atoms with Gasteiger partial charge < -0.3 is 4.74 Å². The SMILES string of the molecule is COc1ccc2c(c1)CCc1cn(C)nc1-2. The highest BCUT2D eigenvalue weighted by molar-refractivity contribution is 5.70. The van der Waals surface area contributed by atoms with Gasteiger partial charge in [-0.1, -0.05) is 0 Å². The summed E-state index contributed by atoms with van der Waals surface area (Å²) in [6.45, 7) is 0. The summed E-state index contributed by atoms with van der Waals surface area (Å²) in [7, 11) is 3.68. The number of ether oxygens (including phenoxy) is 1. The number of hydrogen-bond donors (Lipinski definition) is 0. The lowest BCUT2D eigenvalue weighted by molar-refractivity contribution is 0.414. The van der Waals surface area contributed by atoms with E-state index in [9.17, 15) is 0 Å². The lowest BCUT2D eigenvalue weighted by Gasteiger charge is -2.15. The minimum atomic E-state index is 0.929. The Labute approximate surface area is 94.7 Å². The monoisotopic (exact) mass is 214 g/mol. The van der Waals surface area contributed by atoms with E-state index in [-0.39, 0.29) is 0 Å². The molecule has 1 aliphatic rings. The molecule has 0 aliphatic heterocycles. The van der Waals surface area contributed by atoms with Gasteiger partial charge in [-0.05, 0) is 42.2 Å². The minimum Gasteiger partial charge on any atom is -0.497 e. The molecule has 0 atom stereocenters. The number of hydrogen-bond acceptors (Lipinski definition) is 2. The number of aryl methyl sites for hydroxylation is 3. The minimum absolute atomic E-state index is 0.929. The van der Waals surface area contributed by atoms with E-state index in [1.54, 1.807) is 7.11 Å². The molecule has 0 unspecified atom stereocenters. The fraction of sp³-hybridized carbons (Fsp3) is 0.308. The molecule has 1 heterocycles. The smallest absolute Gasteiger partial charge is 0.119 e. The Bertz CT molecular complexity index is 543. The average molecular weight is 214 g/mol. The van der Waals surface area contributed by atoms with E-state index in [4.69, 9.17) is 4.74 Å². The first-order valence-corrected chi connectivity index (χ1v) is 5.48. The van der Waals surface area contributed by atoms with Crippen molar-refractivity contribution in [3.8, 4) is 17.0 Å². The molecule has 0 spiro atoms. The van der Waals surface area contributed by atoms with E-state index >= 15 is 0 Å². The maximum atomic E-state index is 5.25. The van der Waals surface area contributed by atoms with Crippen molar-refractivity contribution in [2.75, 3.05) is 7.11 Å². The summed E-state index contributed by atoms with van der Waals surface area (Å²) in [5.41, 5.74) is 5.07. The van der Waals surface area contributed by atoms with E-state index in [1.165, 1.54) is 16.7 Å². The second-order valence-corrected chi connectivity index (χ2v) is 4.20. The molecular weight excluding hydrogens is 200 g/mol. The molecule has 1 aliphatic carbocycles. The molecule has 1 aromatic heterocycles. The molecule has 3 heteroatoms. The molecule has 0 amide bonds. The molecule has 2 aromatic rings. The van der Waals surface area contributed by atoms with Crippen molar-refractivity contribution in [2.24, 2.45) is 7.05 Å². The van der Waals surface area contributed by atoms with Gasteiger partial charge in [0, 0.05) is 18.8 Å². The second kappa shape index (κ2) is 3.37. The van der Waals surface area contributed by atoms with E-state index in [1.807, 2.05) is 17.8 Å². The van der Waals surface area contributed by atoms with Crippen molar-refractivity contribution in [2.45, 2.75) is 12.8 Å². The van der Waals surface area contributed by atoms with E-state index in [0.29, 0.717) is 0 Å². The number of methoxy groups -OCH3 is 1. The summed E-state index contributed by atoms with van der Waals surface area (Å²) >= 11 is 0. The van der Waals surface area contributed by atoms with Gasteiger partial charge in [0.05, 0.1) is 12.8 Å². The van der Waals surface area contributed by atoms with Gasteiger partial charge >= 0.3 is 0 Å². The van der Waals surface area contributed by atoms with Crippen LogP contribution < -0.4 is 4.74 Å². The first-order chi connectivity index (χ1) is 7.78. The number of aromatic nitrogens is 2. The van der Waals surface area contributed by atoms with Gasteiger partial charge in [0.2, 0.25) is 0 Å². The van der Waals surface area contributed by atoms with Crippen molar-refractivity contribution in [3.63, 3.8) is 0 Å². The van der Waals surface area contributed by atoms with Gasteiger partial charge in [0.25, 0.3) is 0 Å². The van der Waals surface area contributed by atoms with Crippen LogP contribution in [0.15, 0.2) is 24.4 Å². The maximum Gasteiger partial charge on any atom is 0.119 e. The lowest BCUT2D eigenvalue weighted by Crippen LogP contribution is -2.02. The standard InChI is InChI=1S/C13H14N2O/c1-15-8-10-4-3-9-7-11(16-2)5-6-12(9)13(10)14-15/h5-8H,3-4H2,1-2H3. The quantitative estimate of drug-likeness (QED) is 0.727. The molecule has 0 radical (unpaired) electrons. The van der Waals surface area contributed by atoms with Gasteiger partial charge in [-0.3, -0.25) is 4.68 Å². The zero-order chi connectivity index (χ0) is 11.1. The fourth-order valence-electron chi connectivity index (χ4n) is 2.35. The molecule has 0 bridgehead atoms. The Morgan fingerprint density at radius 1 is 1.25 bits per heavy atom. The predicted octanol–water partition coefficient (Wildman–Crippen LogP) is 2.19. The van der Waals surface area contributed by atoms with Gasteiger partial charge in [-0.15, -0.1) is 0 Å². The van der Waals surface area contributed by atoms with Crippen LogP contribution in [0.4, 0.5) is 0 Å². The number of nitrogens with zero attached hydrogens (tertiary/aromatic N) is 2. The summed E-state index contributed by atoms with van der Waals surface area (Å²) in [6, 6.07) is 6.23. The maximum absolute atomic E-state index is 5.25. The van der Waals surface area contributed by atoms with Crippen LogP contribution in [0.1, 0.15) is 11.1 Å². The van der Waals surface area contributed by atoms with E-state index in [0.717, 1.165) is 24.3 Å². The molecule has 82 valence electrons. The highest BCUT2D eigenvalue weighted by Crippen LogP contribution is 2.33. The molecule has 3 rings (SSSR count). The zero-order valence-corrected chi connectivity index (χ0v) is 9.53. The highest BCUT2D eigenvalue weighted by Gasteiger charge is 2.19. The molecule has 16 heavy (non-hydrogen) atoms. The van der Waals surface area contributed by atoms with Crippen LogP contribution in [0.3, 0.4) is 0 Å². The Kier molecular flexibility index (Phi) is 1.99. The van der Waals surface area contributed by atoms with Crippen molar-refractivity contribution in [1.29, 1.82) is 0 Å². The highest BCUT2D eigenvalue weighted by atomic mass is 16.5. The third-order valence-corrected chi connectivity index (χ3v) is 3.14. The average Bonchev–Trinajstić information content (AvgIpc) is 2.69. The van der Waals surface area contributed by atoms with Crippen molar-refractivity contribution >= 4 is 0 Å². The van der Waals surface area contributed by atoms with Crippen LogP contribution in [0.2, 0.25) is 0 Å². The van der Waals surface area contributed by atoms with Gasteiger partial charge in [0.1, 0.15) is 5.75 Å². The Morgan fingerprint density at radius 2 is 2.06 bits per heavy atom. The largest absolute Gasteiger partial charge is 0.497 e. The van der Waals surface area contributed by atoms with Gasteiger partial charge in [-0.25, -0.2) is 0 Å². The van der Waals surface area contributed by atoms with E-state index < -0.39 is 0 Å². The van der Waals surface area contributed by atoms with Crippen LogP contribution in [0.5, 0.6) is 5.75 Å². The third-order valence-electron chi connectivity index (χ3n) is 3.14.